The first kappa shape index (κ1) is 13.9. The lowest BCUT2D eigenvalue weighted by Crippen LogP contribution is -2.30. The SMILES string of the molecule is COCCCNCC(C)Oc1ccccc1F. The lowest BCUT2D eigenvalue weighted by atomic mass is 10.3. The number of hydrogen-bond donors (Lipinski definition) is 1. The minimum absolute atomic E-state index is 0.0607. The zero-order valence-electron chi connectivity index (χ0n) is 10.4. The Bertz CT molecular complexity index is 320. The molecule has 0 aliphatic heterocycles. The van der Waals surface area contributed by atoms with E-state index in [1.165, 1.54) is 6.07 Å². The van der Waals surface area contributed by atoms with Crippen LogP contribution in [0.5, 0.6) is 5.75 Å². The molecule has 1 aromatic rings. The van der Waals surface area contributed by atoms with E-state index >= 15 is 0 Å². The number of rotatable bonds is 8. The molecule has 1 atom stereocenters. The van der Waals surface area contributed by atoms with Crippen molar-refractivity contribution in [3.05, 3.63) is 30.1 Å². The fourth-order valence-corrected chi connectivity index (χ4v) is 1.45. The molecule has 0 fully saturated rings. The van der Waals surface area contributed by atoms with Crippen LogP contribution >= 0.6 is 0 Å². The molecular weight excluding hydrogens is 221 g/mol. The van der Waals surface area contributed by atoms with Gasteiger partial charge in [-0.2, -0.15) is 0 Å². The molecule has 1 N–H and O–H groups in total. The largest absolute Gasteiger partial charge is 0.486 e. The van der Waals surface area contributed by atoms with Crippen LogP contribution in [-0.4, -0.2) is 32.9 Å². The van der Waals surface area contributed by atoms with Crippen molar-refractivity contribution in [2.75, 3.05) is 26.8 Å². The Morgan fingerprint density at radius 2 is 2.12 bits per heavy atom. The van der Waals surface area contributed by atoms with Crippen LogP contribution in [0.2, 0.25) is 0 Å². The third-order valence-electron chi connectivity index (χ3n) is 2.30. The van der Waals surface area contributed by atoms with Crippen LogP contribution in [0, 0.1) is 5.82 Å². The van der Waals surface area contributed by atoms with E-state index in [1.807, 2.05) is 6.92 Å². The molecule has 0 heterocycles. The number of hydrogen-bond acceptors (Lipinski definition) is 3. The lowest BCUT2D eigenvalue weighted by Gasteiger charge is -2.15. The van der Waals surface area contributed by atoms with Gasteiger partial charge in [0.25, 0.3) is 0 Å². The molecule has 0 aliphatic carbocycles. The summed E-state index contributed by atoms with van der Waals surface area (Å²) in [5.41, 5.74) is 0. The molecule has 1 rings (SSSR count). The van der Waals surface area contributed by atoms with Gasteiger partial charge in [-0.25, -0.2) is 4.39 Å². The van der Waals surface area contributed by atoms with E-state index in [2.05, 4.69) is 5.32 Å². The summed E-state index contributed by atoms with van der Waals surface area (Å²) in [5, 5.41) is 3.23. The van der Waals surface area contributed by atoms with Gasteiger partial charge in [0, 0.05) is 20.3 Å². The number of para-hydroxylation sites is 1. The van der Waals surface area contributed by atoms with Crippen molar-refractivity contribution >= 4 is 0 Å². The zero-order chi connectivity index (χ0) is 12.5. The Hall–Kier alpha value is -1.13. The first-order valence-corrected chi connectivity index (χ1v) is 5.85. The molecule has 0 aliphatic rings. The molecule has 0 saturated heterocycles. The van der Waals surface area contributed by atoms with Gasteiger partial charge in [0.1, 0.15) is 6.10 Å². The zero-order valence-corrected chi connectivity index (χ0v) is 10.4. The number of halogens is 1. The second-order valence-electron chi connectivity index (χ2n) is 3.91. The molecule has 1 aromatic carbocycles. The van der Waals surface area contributed by atoms with E-state index < -0.39 is 0 Å². The smallest absolute Gasteiger partial charge is 0.165 e. The van der Waals surface area contributed by atoms with Gasteiger partial charge in [0.15, 0.2) is 11.6 Å². The first-order valence-electron chi connectivity index (χ1n) is 5.85. The van der Waals surface area contributed by atoms with Crippen molar-refractivity contribution in [3.63, 3.8) is 0 Å². The maximum Gasteiger partial charge on any atom is 0.165 e. The van der Waals surface area contributed by atoms with Gasteiger partial charge in [-0.05, 0) is 32.0 Å². The van der Waals surface area contributed by atoms with Crippen LogP contribution in [0.25, 0.3) is 0 Å². The topological polar surface area (TPSA) is 30.5 Å². The van der Waals surface area contributed by atoms with Gasteiger partial charge in [0.05, 0.1) is 0 Å². The average Bonchev–Trinajstić information content (AvgIpc) is 2.32. The molecule has 0 aromatic heterocycles. The van der Waals surface area contributed by atoms with Gasteiger partial charge >= 0.3 is 0 Å². The molecule has 4 heteroatoms. The summed E-state index contributed by atoms with van der Waals surface area (Å²) < 4.78 is 23.7. The number of ether oxygens (including phenoxy) is 2. The summed E-state index contributed by atoms with van der Waals surface area (Å²) in [5.74, 6) is -0.0163. The van der Waals surface area contributed by atoms with Gasteiger partial charge < -0.3 is 14.8 Å². The first-order chi connectivity index (χ1) is 8.24. The molecule has 0 bridgehead atoms. The fourth-order valence-electron chi connectivity index (χ4n) is 1.45. The second kappa shape index (κ2) is 8.03. The second-order valence-corrected chi connectivity index (χ2v) is 3.91. The minimum atomic E-state index is -0.321. The standard InChI is InChI=1S/C13H20FNO2/c1-11(10-15-8-5-9-16-2)17-13-7-4-3-6-12(13)14/h3-4,6-7,11,15H,5,8-10H2,1-2H3. The van der Waals surface area contributed by atoms with Crippen molar-refractivity contribution in [2.24, 2.45) is 0 Å². The molecule has 0 amide bonds. The minimum Gasteiger partial charge on any atom is -0.486 e. The maximum absolute atomic E-state index is 13.3. The van der Waals surface area contributed by atoms with Gasteiger partial charge in [-0.1, -0.05) is 12.1 Å². The van der Waals surface area contributed by atoms with E-state index in [9.17, 15) is 4.39 Å². The van der Waals surface area contributed by atoms with Crippen LogP contribution < -0.4 is 10.1 Å². The Morgan fingerprint density at radius 3 is 2.82 bits per heavy atom. The number of nitrogens with one attached hydrogen (secondary N) is 1. The van der Waals surface area contributed by atoms with Gasteiger partial charge in [-0.3, -0.25) is 0 Å². The van der Waals surface area contributed by atoms with Crippen LogP contribution in [0.4, 0.5) is 4.39 Å². The Labute approximate surface area is 102 Å². The highest BCUT2D eigenvalue weighted by molar-refractivity contribution is 5.23. The van der Waals surface area contributed by atoms with Crippen LogP contribution in [-0.2, 0) is 4.74 Å². The summed E-state index contributed by atoms with van der Waals surface area (Å²) in [6.45, 7) is 4.22. The summed E-state index contributed by atoms with van der Waals surface area (Å²) >= 11 is 0. The summed E-state index contributed by atoms with van der Waals surface area (Å²) in [6, 6.07) is 6.44. The molecule has 96 valence electrons. The van der Waals surface area contributed by atoms with Crippen molar-refractivity contribution in [1.29, 1.82) is 0 Å². The van der Waals surface area contributed by atoms with Crippen molar-refractivity contribution < 1.29 is 13.9 Å². The highest BCUT2D eigenvalue weighted by Crippen LogP contribution is 2.16. The molecular formula is C13H20FNO2. The lowest BCUT2D eigenvalue weighted by molar-refractivity contribution is 0.186. The molecule has 0 radical (unpaired) electrons. The third kappa shape index (κ3) is 5.65. The van der Waals surface area contributed by atoms with E-state index in [4.69, 9.17) is 9.47 Å². The van der Waals surface area contributed by atoms with E-state index in [0.717, 1.165) is 19.6 Å². The Morgan fingerprint density at radius 1 is 1.35 bits per heavy atom. The van der Waals surface area contributed by atoms with Crippen LogP contribution in [0.1, 0.15) is 13.3 Å². The van der Waals surface area contributed by atoms with E-state index in [0.29, 0.717) is 12.3 Å². The van der Waals surface area contributed by atoms with Crippen molar-refractivity contribution in [2.45, 2.75) is 19.4 Å². The summed E-state index contributed by atoms with van der Waals surface area (Å²) in [6.07, 6.45) is 0.901. The number of benzene rings is 1. The average molecular weight is 241 g/mol. The van der Waals surface area contributed by atoms with Gasteiger partial charge in [0.2, 0.25) is 0 Å². The van der Waals surface area contributed by atoms with E-state index in [1.54, 1.807) is 25.3 Å². The summed E-state index contributed by atoms with van der Waals surface area (Å²) in [7, 11) is 1.68. The van der Waals surface area contributed by atoms with Gasteiger partial charge in [-0.15, -0.1) is 0 Å². The Kier molecular flexibility index (Phi) is 6.58. The molecule has 3 nitrogen and oxygen atoms in total. The normalized spacial score (nSPS) is 12.4. The molecule has 1 unspecified atom stereocenters. The Balaban J connectivity index is 2.21. The number of methoxy groups -OCH3 is 1. The molecule has 0 spiro atoms. The quantitative estimate of drug-likeness (QED) is 0.708. The fraction of sp³-hybridized carbons (Fsp3) is 0.538. The predicted molar refractivity (Wildman–Crippen MR) is 65.9 cm³/mol. The molecule has 17 heavy (non-hydrogen) atoms. The van der Waals surface area contributed by atoms with Crippen LogP contribution in [0.15, 0.2) is 24.3 Å². The van der Waals surface area contributed by atoms with Crippen LogP contribution in [0.3, 0.4) is 0 Å². The highest BCUT2D eigenvalue weighted by atomic mass is 19.1. The van der Waals surface area contributed by atoms with E-state index in [-0.39, 0.29) is 11.9 Å². The third-order valence-corrected chi connectivity index (χ3v) is 2.30. The van der Waals surface area contributed by atoms with Crippen molar-refractivity contribution in [1.82, 2.24) is 5.32 Å². The monoisotopic (exact) mass is 241 g/mol. The highest BCUT2D eigenvalue weighted by Gasteiger charge is 2.06. The van der Waals surface area contributed by atoms with Crippen molar-refractivity contribution in [3.8, 4) is 5.75 Å². The maximum atomic E-state index is 13.3. The summed E-state index contributed by atoms with van der Waals surface area (Å²) in [4.78, 5) is 0. The predicted octanol–water partition coefficient (Wildman–Crippen LogP) is 2.22. The molecule has 0 saturated carbocycles.